The van der Waals surface area contributed by atoms with Crippen molar-refractivity contribution in [3.8, 4) is 27.8 Å². The summed E-state index contributed by atoms with van der Waals surface area (Å²) in [5.41, 5.74) is 4.20. The molecule has 156 valence electrons. The zero-order valence-corrected chi connectivity index (χ0v) is 18.1. The minimum absolute atomic E-state index is 0.103. The Morgan fingerprint density at radius 1 is 1.07 bits per heavy atom. The first-order valence-electron chi connectivity index (χ1n) is 9.72. The number of aromatic nitrogens is 1. The zero-order valence-electron chi connectivity index (χ0n) is 17.3. The summed E-state index contributed by atoms with van der Waals surface area (Å²) in [5, 5.41) is 2.75. The molecule has 0 atom stereocenters. The quantitative estimate of drug-likeness (QED) is 0.599. The predicted octanol–water partition coefficient (Wildman–Crippen LogP) is 3.96. The molecule has 0 saturated heterocycles. The van der Waals surface area contributed by atoms with Crippen molar-refractivity contribution in [1.29, 1.82) is 0 Å². The van der Waals surface area contributed by atoms with E-state index in [0.29, 0.717) is 30.2 Å². The Balaban J connectivity index is 1.50. The molecular formula is C23H24N2O4S. The normalized spacial score (nSPS) is 13.0. The Morgan fingerprint density at radius 2 is 1.77 bits per heavy atom. The highest BCUT2D eigenvalue weighted by Gasteiger charge is 2.22. The number of ether oxygens (including phenoxy) is 3. The van der Waals surface area contributed by atoms with Crippen LogP contribution in [-0.2, 0) is 24.2 Å². The van der Waals surface area contributed by atoms with Gasteiger partial charge in [-0.1, -0.05) is 24.3 Å². The van der Waals surface area contributed by atoms with Crippen LogP contribution in [-0.4, -0.2) is 43.7 Å². The molecule has 0 radical (unpaired) electrons. The van der Waals surface area contributed by atoms with Crippen LogP contribution < -0.4 is 14.2 Å². The van der Waals surface area contributed by atoms with E-state index in [0.717, 1.165) is 29.2 Å². The van der Waals surface area contributed by atoms with E-state index in [1.54, 1.807) is 21.3 Å². The van der Waals surface area contributed by atoms with Crippen molar-refractivity contribution >= 4 is 17.2 Å². The molecule has 2 heterocycles. The second kappa shape index (κ2) is 8.75. The van der Waals surface area contributed by atoms with E-state index in [4.69, 9.17) is 14.2 Å². The molecule has 30 heavy (non-hydrogen) atoms. The van der Waals surface area contributed by atoms with Gasteiger partial charge in [0.1, 0.15) is 5.01 Å². The fourth-order valence-corrected chi connectivity index (χ4v) is 4.51. The summed E-state index contributed by atoms with van der Waals surface area (Å²) in [4.78, 5) is 19.4. The Labute approximate surface area is 180 Å². The highest BCUT2D eigenvalue weighted by atomic mass is 32.1. The number of hydrogen-bond donors (Lipinski definition) is 0. The summed E-state index contributed by atoms with van der Waals surface area (Å²) in [6.45, 7) is 1.42. The number of benzene rings is 2. The number of hydrogen-bond acceptors (Lipinski definition) is 6. The van der Waals surface area contributed by atoms with Gasteiger partial charge in [-0.05, 0) is 29.7 Å². The lowest BCUT2D eigenvalue weighted by Crippen LogP contribution is -2.36. The minimum atomic E-state index is 0.103. The largest absolute Gasteiger partial charge is 0.493 e. The van der Waals surface area contributed by atoms with Gasteiger partial charge in [-0.15, -0.1) is 11.3 Å². The molecule has 7 heteroatoms. The number of methoxy groups -OCH3 is 3. The van der Waals surface area contributed by atoms with Crippen LogP contribution in [0.2, 0.25) is 0 Å². The van der Waals surface area contributed by atoms with E-state index in [1.165, 1.54) is 22.5 Å². The van der Waals surface area contributed by atoms with Gasteiger partial charge in [0.15, 0.2) is 11.5 Å². The minimum Gasteiger partial charge on any atom is -0.493 e. The SMILES string of the molecule is COc1cc(-c2nc(CC(=O)N3CCc4ccccc4C3)cs2)cc(OC)c1OC. The molecule has 0 N–H and O–H groups in total. The summed E-state index contributed by atoms with van der Waals surface area (Å²) in [5.74, 6) is 1.80. The Morgan fingerprint density at radius 3 is 2.43 bits per heavy atom. The van der Waals surface area contributed by atoms with E-state index in [9.17, 15) is 4.79 Å². The molecule has 0 aliphatic carbocycles. The predicted molar refractivity (Wildman–Crippen MR) is 116 cm³/mol. The van der Waals surface area contributed by atoms with E-state index in [1.807, 2.05) is 28.5 Å². The fourth-order valence-electron chi connectivity index (χ4n) is 3.70. The lowest BCUT2D eigenvalue weighted by molar-refractivity contribution is -0.131. The van der Waals surface area contributed by atoms with Gasteiger partial charge in [-0.3, -0.25) is 4.79 Å². The lowest BCUT2D eigenvalue weighted by atomic mass is 10.00. The van der Waals surface area contributed by atoms with Crippen molar-refractivity contribution in [2.75, 3.05) is 27.9 Å². The third kappa shape index (κ3) is 3.98. The van der Waals surface area contributed by atoms with Crippen molar-refractivity contribution in [2.24, 2.45) is 0 Å². The van der Waals surface area contributed by atoms with Gasteiger partial charge >= 0.3 is 0 Å². The molecule has 0 spiro atoms. The van der Waals surface area contributed by atoms with Gasteiger partial charge in [0.2, 0.25) is 11.7 Å². The van der Waals surface area contributed by atoms with Crippen molar-refractivity contribution in [3.05, 3.63) is 58.6 Å². The molecule has 2 aromatic carbocycles. The van der Waals surface area contributed by atoms with Gasteiger partial charge in [0.05, 0.1) is 33.4 Å². The van der Waals surface area contributed by atoms with Crippen molar-refractivity contribution in [3.63, 3.8) is 0 Å². The maximum Gasteiger partial charge on any atom is 0.228 e. The lowest BCUT2D eigenvalue weighted by Gasteiger charge is -2.28. The van der Waals surface area contributed by atoms with E-state index >= 15 is 0 Å². The van der Waals surface area contributed by atoms with Gasteiger partial charge in [0.25, 0.3) is 0 Å². The number of nitrogens with zero attached hydrogens (tertiary/aromatic N) is 2. The summed E-state index contributed by atoms with van der Waals surface area (Å²) in [6.07, 6.45) is 1.19. The van der Waals surface area contributed by atoms with Crippen LogP contribution in [0.25, 0.3) is 10.6 Å². The van der Waals surface area contributed by atoms with Crippen LogP contribution >= 0.6 is 11.3 Å². The third-order valence-corrected chi connectivity index (χ3v) is 6.22. The van der Waals surface area contributed by atoms with Crippen molar-refractivity contribution < 1.29 is 19.0 Å². The highest BCUT2D eigenvalue weighted by molar-refractivity contribution is 7.13. The molecule has 1 amide bonds. The smallest absolute Gasteiger partial charge is 0.228 e. The van der Waals surface area contributed by atoms with Crippen LogP contribution in [0.15, 0.2) is 41.8 Å². The summed E-state index contributed by atoms with van der Waals surface area (Å²) in [6, 6.07) is 12.1. The monoisotopic (exact) mass is 424 g/mol. The zero-order chi connectivity index (χ0) is 21.1. The standard InChI is InChI=1S/C23H24N2O4S/c1-27-19-10-17(11-20(28-2)22(19)29-3)23-24-18(14-30-23)12-21(26)25-9-8-15-6-4-5-7-16(15)13-25/h4-7,10-11,14H,8-9,12-13H2,1-3H3. The molecule has 3 aromatic rings. The molecule has 4 rings (SSSR count). The number of fused-ring (bicyclic) bond motifs is 1. The average Bonchev–Trinajstić information content (AvgIpc) is 3.26. The molecule has 1 aliphatic heterocycles. The third-order valence-electron chi connectivity index (χ3n) is 5.28. The van der Waals surface area contributed by atoms with Crippen molar-refractivity contribution in [1.82, 2.24) is 9.88 Å². The van der Waals surface area contributed by atoms with Crippen LogP contribution in [0.5, 0.6) is 17.2 Å². The van der Waals surface area contributed by atoms with Crippen LogP contribution in [0.4, 0.5) is 0 Å². The van der Waals surface area contributed by atoms with Crippen LogP contribution in [0.1, 0.15) is 16.8 Å². The molecular weight excluding hydrogens is 400 g/mol. The van der Waals surface area contributed by atoms with Gasteiger partial charge in [0, 0.05) is 24.0 Å². The second-order valence-corrected chi connectivity index (χ2v) is 7.93. The molecule has 0 unspecified atom stereocenters. The summed E-state index contributed by atoms with van der Waals surface area (Å²) < 4.78 is 16.2. The molecule has 1 aromatic heterocycles. The number of amides is 1. The van der Waals surface area contributed by atoms with Crippen LogP contribution in [0, 0.1) is 0 Å². The van der Waals surface area contributed by atoms with Gasteiger partial charge in [-0.25, -0.2) is 4.98 Å². The van der Waals surface area contributed by atoms with Crippen molar-refractivity contribution in [2.45, 2.75) is 19.4 Å². The molecule has 0 fully saturated rings. The first-order chi connectivity index (χ1) is 14.6. The molecule has 6 nitrogen and oxygen atoms in total. The van der Waals surface area contributed by atoms with Gasteiger partial charge < -0.3 is 19.1 Å². The first kappa shape index (κ1) is 20.2. The molecule has 0 bridgehead atoms. The van der Waals surface area contributed by atoms with Gasteiger partial charge in [-0.2, -0.15) is 0 Å². The maximum atomic E-state index is 12.8. The second-order valence-electron chi connectivity index (χ2n) is 7.07. The fraction of sp³-hybridized carbons (Fsp3) is 0.304. The highest BCUT2D eigenvalue weighted by Crippen LogP contribution is 2.41. The van der Waals surface area contributed by atoms with E-state index in [-0.39, 0.29) is 5.91 Å². The van der Waals surface area contributed by atoms with E-state index in [2.05, 4.69) is 23.2 Å². The Kier molecular flexibility index (Phi) is 5.90. The number of rotatable bonds is 6. The summed E-state index contributed by atoms with van der Waals surface area (Å²) >= 11 is 1.50. The topological polar surface area (TPSA) is 60.9 Å². The van der Waals surface area contributed by atoms with Crippen LogP contribution in [0.3, 0.4) is 0 Å². The summed E-state index contributed by atoms with van der Waals surface area (Å²) in [7, 11) is 4.75. The first-order valence-corrected chi connectivity index (χ1v) is 10.6. The average molecular weight is 425 g/mol. The Bertz CT molecular complexity index is 1040. The molecule has 0 saturated carbocycles. The Hall–Kier alpha value is -3.06. The maximum absolute atomic E-state index is 12.8. The number of carbonyl (C=O) groups excluding carboxylic acids is 1. The van der Waals surface area contributed by atoms with E-state index < -0.39 is 0 Å². The number of thiazole rings is 1. The number of carbonyl (C=O) groups is 1. The molecule has 1 aliphatic rings.